The Kier molecular flexibility index (Phi) is 5.40. The van der Waals surface area contributed by atoms with Gasteiger partial charge in [-0.1, -0.05) is 48.5 Å². The Bertz CT molecular complexity index is 1310. The molecule has 0 aliphatic carbocycles. The van der Waals surface area contributed by atoms with E-state index in [9.17, 15) is 18.0 Å². The standard InChI is InChI=1S/C26H22F3N3O/c27-26(28,29)21-9-5-8-19(14-21)22(23-16-30-24-10-3-4-12-32(23)24)15-25(33)31-13-11-18-6-1-2-7-20(18)17-31/h1-10,12,14,16,22H,11,13,15,17H2. The van der Waals surface area contributed by atoms with Crippen LogP contribution in [-0.4, -0.2) is 26.7 Å². The maximum absolute atomic E-state index is 13.4. The summed E-state index contributed by atoms with van der Waals surface area (Å²) in [4.78, 5) is 19.6. The van der Waals surface area contributed by atoms with Crippen LogP contribution in [0.25, 0.3) is 5.65 Å². The topological polar surface area (TPSA) is 37.6 Å². The van der Waals surface area contributed by atoms with Crippen molar-refractivity contribution in [2.45, 2.75) is 31.5 Å². The Morgan fingerprint density at radius 1 is 1.00 bits per heavy atom. The first kappa shape index (κ1) is 21.2. The Labute approximate surface area is 189 Å². The summed E-state index contributed by atoms with van der Waals surface area (Å²) in [6.07, 6.45) is -0.155. The molecule has 3 heterocycles. The zero-order valence-electron chi connectivity index (χ0n) is 17.8. The lowest BCUT2D eigenvalue weighted by Gasteiger charge is -2.30. The summed E-state index contributed by atoms with van der Waals surface area (Å²) in [6, 6.07) is 18.8. The number of carbonyl (C=O) groups excluding carboxylic acids is 1. The van der Waals surface area contributed by atoms with Crippen molar-refractivity contribution < 1.29 is 18.0 Å². The third-order valence-corrected chi connectivity index (χ3v) is 6.28. The number of aromatic nitrogens is 2. The molecule has 0 fully saturated rings. The zero-order chi connectivity index (χ0) is 23.0. The number of hydrogen-bond donors (Lipinski definition) is 0. The van der Waals surface area contributed by atoms with E-state index < -0.39 is 17.7 Å². The van der Waals surface area contributed by atoms with E-state index in [1.54, 1.807) is 17.2 Å². The van der Waals surface area contributed by atoms with Gasteiger partial charge in [-0.25, -0.2) is 4.98 Å². The summed E-state index contributed by atoms with van der Waals surface area (Å²) in [6.45, 7) is 1.11. The fourth-order valence-corrected chi connectivity index (χ4v) is 4.55. The minimum atomic E-state index is -4.46. The van der Waals surface area contributed by atoms with Crippen molar-refractivity contribution >= 4 is 11.6 Å². The van der Waals surface area contributed by atoms with Gasteiger partial charge < -0.3 is 9.30 Å². The normalized spacial score (nSPS) is 14.8. The van der Waals surface area contributed by atoms with E-state index in [-0.39, 0.29) is 12.3 Å². The Morgan fingerprint density at radius 2 is 1.79 bits per heavy atom. The van der Waals surface area contributed by atoms with Gasteiger partial charge in [-0.2, -0.15) is 13.2 Å². The van der Waals surface area contributed by atoms with Crippen molar-refractivity contribution in [3.63, 3.8) is 0 Å². The quantitative estimate of drug-likeness (QED) is 0.415. The number of nitrogens with zero attached hydrogens (tertiary/aromatic N) is 3. The number of fused-ring (bicyclic) bond motifs is 2. The van der Waals surface area contributed by atoms with Crippen molar-refractivity contribution in [3.8, 4) is 0 Å². The smallest absolute Gasteiger partial charge is 0.338 e. The molecule has 4 nitrogen and oxygen atoms in total. The lowest BCUT2D eigenvalue weighted by Crippen LogP contribution is -2.36. The molecular weight excluding hydrogens is 427 g/mol. The Balaban J connectivity index is 1.50. The highest BCUT2D eigenvalue weighted by Gasteiger charge is 2.32. The number of alkyl halides is 3. The van der Waals surface area contributed by atoms with Crippen molar-refractivity contribution in [2.75, 3.05) is 6.54 Å². The summed E-state index contributed by atoms with van der Waals surface area (Å²) in [5.74, 6) is -0.646. The molecule has 1 aliphatic heterocycles. The fraction of sp³-hybridized carbons (Fsp3) is 0.231. The van der Waals surface area contributed by atoms with Crippen LogP contribution >= 0.6 is 0 Å². The molecule has 0 N–H and O–H groups in total. The van der Waals surface area contributed by atoms with Crippen molar-refractivity contribution in [1.29, 1.82) is 0 Å². The summed E-state index contributed by atoms with van der Waals surface area (Å²) < 4.78 is 42.1. The first-order valence-electron chi connectivity index (χ1n) is 10.8. The molecule has 0 radical (unpaired) electrons. The summed E-state index contributed by atoms with van der Waals surface area (Å²) >= 11 is 0. The van der Waals surface area contributed by atoms with E-state index in [0.29, 0.717) is 30.0 Å². The first-order valence-corrected chi connectivity index (χ1v) is 10.8. The third-order valence-electron chi connectivity index (χ3n) is 6.28. The average Bonchev–Trinajstić information content (AvgIpc) is 3.25. The molecular formula is C26H22F3N3O. The Hall–Kier alpha value is -3.61. The van der Waals surface area contributed by atoms with Gasteiger partial charge in [0.25, 0.3) is 0 Å². The van der Waals surface area contributed by atoms with Crippen LogP contribution in [0.2, 0.25) is 0 Å². The summed E-state index contributed by atoms with van der Waals surface area (Å²) in [5.41, 5.74) is 3.44. The van der Waals surface area contributed by atoms with Crippen molar-refractivity contribution in [3.05, 3.63) is 107 Å². The molecule has 0 bridgehead atoms. The number of benzene rings is 2. The highest BCUT2D eigenvalue weighted by atomic mass is 19.4. The first-order chi connectivity index (χ1) is 15.9. The fourth-order valence-electron chi connectivity index (χ4n) is 4.55. The molecule has 0 spiro atoms. The van der Waals surface area contributed by atoms with Gasteiger partial charge in [-0.05, 0) is 41.3 Å². The molecule has 2 aromatic carbocycles. The minimum absolute atomic E-state index is 0.0617. The van der Waals surface area contributed by atoms with E-state index in [4.69, 9.17) is 0 Å². The molecule has 0 saturated carbocycles. The second kappa shape index (κ2) is 8.39. The lowest BCUT2D eigenvalue weighted by molar-refractivity contribution is -0.137. The van der Waals surface area contributed by atoms with E-state index in [2.05, 4.69) is 11.1 Å². The van der Waals surface area contributed by atoms with Crippen LogP contribution in [0, 0.1) is 0 Å². The lowest BCUT2D eigenvalue weighted by atomic mass is 9.90. The molecule has 5 rings (SSSR count). The number of imidazole rings is 1. The van der Waals surface area contributed by atoms with E-state index in [0.717, 1.165) is 24.1 Å². The van der Waals surface area contributed by atoms with Crippen molar-refractivity contribution in [2.24, 2.45) is 0 Å². The molecule has 1 atom stereocenters. The largest absolute Gasteiger partial charge is 0.416 e. The summed E-state index contributed by atoms with van der Waals surface area (Å²) in [7, 11) is 0. The molecule has 7 heteroatoms. The van der Waals surface area contributed by atoms with Crippen LogP contribution in [0.15, 0.2) is 79.1 Å². The minimum Gasteiger partial charge on any atom is -0.338 e. The SMILES string of the molecule is O=C(CC(c1cccc(C(F)(F)F)c1)c1cnc2ccccn12)N1CCc2ccccc2C1. The van der Waals surface area contributed by atoms with Crippen LogP contribution in [0.5, 0.6) is 0 Å². The van der Waals surface area contributed by atoms with Crippen LogP contribution < -0.4 is 0 Å². The predicted molar refractivity (Wildman–Crippen MR) is 119 cm³/mol. The van der Waals surface area contributed by atoms with Gasteiger partial charge in [0.05, 0.1) is 11.3 Å². The average molecular weight is 449 g/mol. The van der Waals surface area contributed by atoms with Crippen LogP contribution in [0.4, 0.5) is 13.2 Å². The Morgan fingerprint density at radius 3 is 2.61 bits per heavy atom. The molecule has 168 valence electrons. The number of carbonyl (C=O) groups is 1. The predicted octanol–water partition coefficient (Wildman–Crippen LogP) is 5.46. The maximum Gasteiger partial charge on any atom is 0.416 e. The maximum atomic E-state index is 13.4. The van der Waals surface area contributed by atoms with Crippen LogP contribution in [-0.2, 0) is 23.9 Å². The highest BCUT2D eigenvalue weighted by Crippen LogP contribution is 2.35. The van der Waals surface area contributed by atoms with Gasteiger partial charge in [0.2, 0.25) is 5.91 Å². The van der Waals surface area contributed by atoms with E-state index in [1.807, 2.05) is 47.0 Å². The number of rotatable bonds is 4. The third kappa shape index (κ3) is 4.23. The van der Waals surface area contributed by atoms with Gasteiger partial charge >= 0.3 is 6.18 Å². The summed E-state index contributed by atoms with van der Waals surface area (Å²) in [5, 5.41) is 0. The zero-order valence-corrected chi connectivity index (χ0v) is 17.8. The second-order valence-electron chi connectivity index (χ2n) is 8.33. The molecule has 0 saturated heterocycles. The van der Waals surface area contributed by atoms with Crippen LogP contribution in [0.3, 0.4) is 0 Å². The number of amides is 1. The molecule has 33 heavy (non-hydrogen) atoms. The number of hydrogen-bond acceptors (Lipinski definition) is 2. The van der Waals surface area contributed by atoms with Gasteiger partial charge in [-0.3, -0.25) is 4.79 Å². The van der Waals surface area contributed by atoms with Gasteiger partial charge in [-0.15, -0.1) is 0 Å². The van der Waals surface area contributed by atoms with E-state index in [1.165, 1.54) is 11.6 Å². The molecule has 1 unspecified atom stereocenters. The molecule has 2 aromatic heterocycles. The highest BCUT2D eigenvalue weighted by molar-refractivity contribution is 5.78. The van der Waals surface area contributed by atoms with Crippen LogP contribution in [0.1, 0.15) is 40.3 Å². The number of halogens is 3. The van der Waals surface area contributed by atoms with Gasteiger partial charge in [0.15, 0.2) is 0 Å². The second-order valence-corrected chi connectivity index (χ2v) is 8.33. The molecule has 4 aromatic rings. The number of pyridine rings is 1. The van der Waals surface area contributed by atoms with Gasteiger partial charge in [0.1, 0.15) is 5.65 Å². The molecule has 1 aliphatic rings. The van der Waals surface area contributed by atoms with Crippen molar-refractivity contribution in [1.82, 2.24) is 14.3 Å². The molecule has 1 amide bonds. The van der Waals surface area contributed by atoms with E-state index >= 15 is 0 Å². The monoisotopic (exact) mass is 449 g/mol. The van der Waals surface area contributed by atoms with Gasteiger partial charge in [0, 0.05) is 37.8 Å².